The molecule has 4 aromatic rings. The quantitative estimate of drug-likeness (QED) is 0.528. The van der Waals surface area contributed by atoms with Crippen LogP contribution in [0.2, 0.25) is 0 Å². The SMILES string of the molecule is COc1cncc2cc(-c3cnc4ccc(NC5CCC(C)CC5)nn34)sc12. The number of nitrogens with one attached hydrogen (secondary N) is 1. The van der Waals surface area contributed by atoms with Crippen LogP contribution in [0.25, 0.3) is 26.3 Å². The van der Waals surface area contributed by atoms with E-state index in [0.29, 0.717) is 6.04 Å². The highest BCUT2D eigenvalue weighted by molar-refractivity contribution is 7.22. The van der Waals surface area contributed by atoms with Gasteiger partial charge in [-0.25, -0.2) is 9.50 Å². The smallest absolute Gasteiger partial charge is 0.154 e. The molecule has 1 aliphatic carbocycles. The number of methoxy groups -OCH3 is 1. The standard InChI is InChI=1S/C21H23N5OS/c1-13-3-5-15(6-4-13)24-19-7-8-20-23-11-16(26(20)25-19)18-9-14-10-22-12-17(27-2)21(14)28-18/h7-13,15H,3-6H2,1-2H3,(H,24,25). The van der Waals surface area contributed by atoms with Crippen LogP contribution in [0.4, 0.5) is 5.82 Å². The number of fused-ring (bicyclic) bond motifs is 2. The average molecular weight is 394 g/mol. The van der Waals surface area contributed by atoms with E-state index < -0.39 is 0 Å². The highest BCUT2D eigenvalue weighted by Crippen LogP contribution is 2.38. The van der Waals surface area contributed by atoms with Crippen LogP contribution in [-0.2, 0) is 0 Å². The lowest BCUT2D eigenvalue weighted by atomic mass is 9.87. The van der Waals surface area contributed by atoms with Crippen molar-refractivity contribution in [2.75, 3.05) is 12.4 Å². The number of hydrogen-bond acceptors (Lipinski definition) is 6. The summed E-state index contributed by atoms with van der Waals surface area (Å²) in [6.07, 6.45) is 10.5. The van der Waals surface area contributed by atoms with Crippen molar-refractivity contribution in [2.24, 2.45) is 5.92 Å². The lowest BCUT2D eigenvalue weighted by Crippen LogP contribution is -2.25. The molecule has 7 heteroatoms. The molecule has 0 aromatic carbocycles. The molecule has 0 amide bonds. The normalized spacial score (nSPS) is 19.9. The van der Waals surface area contributed by atoms with Gasteiger partial charge in [0, 0.05) is 17.6 Å². The first kappa shape index (κ1) is 17.4. The number of anilines is 1. The summed E-state index contributed by atoms with van der Waals surface area (Å²) in [6, 6.07) is 6.69. The molecule has 1 N–H and O–H groups in total. The molecular weight excluding hydrogens is 370 g/mol. The lowest BCUT2D eigenvalue weighted by Gasteiger charge is -2.27. The van der Waals surface area contributed by atoms with Crippen LogP contribution in [0.3, 0.4) is 0 Å². The molecule has 0 atom stereocenters. The zero-order chi connectivity index (χ0) is 19.1. The lowest BCUT2D eigenvalue weighted by molar-refractivity contribution is 0.360. The molecular formula is C21H23N5OS. The van der Waals surface area contributed by atoms with Crippen molar-refractivity contribution in [1.29, 1.82) is 0 Å². The second-order valence-corrected chi connectivity index (χ2v) is 8.66. The van der Waals surface area contributed by atoms with Gasteiger partial charge in [0.2, 0.25) is 0 Å². The Morgan fingerprint density at radius 3 is 2.82 bits per heavy atom. The van der Waals surface area contributed by atoms with Gasteiger partial charge >= 0.3 is 0 Å². The van der Waals surface area contributed by atoms with Crippen LogP contribution in [0.15, 0.2) is 36.8 Å². The molecule has 28 heavy (non-hydrogen) atoms. The van der Waals surface area contributed by atoms with E-state index in [9.17, 15) is 0 Å². The maximum atomic E-state index is 5.46. The van der Waals surface area contributed by atoms with Crippen molar-refractivity contribution in [3.63, 3.8) is 0 Å². The van der Waals surface area contributed by atoms with Gasteiger partial charge in [-0.1, -0.05) is 6.92 Å². The minimum absolute atomic E-state index is 0.507. The zero-order valence-corrected chi connectivity index (χ0v) is 16.9. The fraction of sp³-hybridized carbons (Fsp3) is 0.381. The van der Waals surface area contributed by atoms with Gasteiger partial charge < -0.3 is 10.1 Å². The van der Waals surface area contributed by atoms with Crippen molar-refractivity contribution in [2.45, 2.75) is 38.6 Å². The van der Waals surface area contributed by atoms with Gasteiger partial charge in [-0.15, -0.1) is 16.4 Å². The molecule has 1 saturated carbocycles. The Morgan fingerprint density at radius 2 is 2.00 bits per heavy atom. The van der Waals surface area contributed by atoms with E-state index in [1.54, 1.807) is 24.6 Å². The number of rotatable bonds is 4. The number of hydrogen-bond donors (Lipinski definition) is 1. The largest absolute Gasteiger partial charge is 0.494 e. The van der Waals surface area contributed by atoms with Crippen LogP contribution in [-0.4, -0.2) is 32.7 Å². The van der Waals surface area contributed by atoms with E-state index in [0.717, 1.165) is 43.8 Å². The maximum absolute atomic E-state index is 5.46. The zero-order valence-electron chi connectivity index (χ0n) is 16.1. The fourth-order valence-corrected chi connectivity index (χ4v) is 5.06. The summed E-state index contributed by atoms with van der Waals surface area (Å²) in [6.45, 7) is 2.34. The minimum atomic E-state index is 0.507. The molecule has 0 bridgehead atoms. The van der Waals surface area contributed by atoms with Crippen molar-refractivity contribution in [3.8, 4) is 16.3 Å². The third-order valence-electron chi connectivity index (χ3n) is 5.59. The molecule has 0 aliphatic heterocycles. The monoisotopic (exact) mass is 393 g/mol. The topological polar surface area (TPSA) is 64.3 Å². The van der Waals surface area contributed by atoms with Gasteiger partial charge in [0.05, 0.1) is 29.1 Å². The number of nitrogens with zero attached hydrogens (tertiary/aromatic N) is 4. The first-order valence-corrected chi connectivity index (χ1v) is 10.6. The molecule has 0 spiro atoms. The first-order chi connectivity index (χ1) is 13.7. The highest BCUT2D eigenvalue weighted by atomic mass is 32.1. The summed E-state index contributed by atoms with van der Waals surface area (Å²) < 4.78 is 8.48. The van der Waals surface area contributed by atoms with Gasteiger partial charge in [0.25, 0.3) is 0 Å². The van der Waals surface area contributed by atoms with Gasteiger partial charge in [-0.3, -0.25) is 4.98 Å². The van der Waals surface area contributed by atoms with Crippen molar-refractivity contribution in [3.05, 3.63) is 36.8 Å². The van der Waals surface area contributed by atoms with Gasteiger partial charge in [-0.05, 0) is 49.8 Å². The van der Waals surface area contributed by atoms with Crippen LogP contribution in [0.5, 0.6) is 5.75 Å². The molecule has 5 rings (SSSR count). The predicted molar refractivity (Wildman–Crippen MR) is 113 cm³/mol. The Balaban J connectivity index is 1.50. The van der Waals surface area contributed by atoms with Crippen molar-refractivity contribution < 1.29 is 4.74 Å². The van der Waals surface area contributed by atoms with E-state index in [1.165, 1.54) is 25.7 Å². The first-order valence-electron chi connectivity index (χ1n) is 9.74. The summed E-state index contributed by atoms with van der Waals surface area (Å²) >= 11 is 1.68. The Hall–Kier alpha value is -2.67. The van der Waals surface area contributed by atoms with E-state index in [4.69, 9.17) is 9.84 Å². The molecule has 0 saturated heterocycles. The Morgan fingerprint density at radius 1 is 1.14 bits per heavy atom. The highest BCUT2D eigenvalue weighted by Gasteiger charge is 2.19. The summed E-state index contributed by atoms with van der Waals surface area (Å²) in [4.78, 5) is 9.90. The number of aromatic nitrogens is 4. The molecule has 0 unspecified atom stereocenters. The average Bonchev–Trinajstić information content (AvgIpc) is 3.33. The maximum Gasteiger partial charge on any atom is 0.154 e. The summed E-state index contributed by atoms with van der Waals surface area (Å²) in [7, 11) is 1.68. The van der Waals surface area contributed by atoms with Crippen LogP contribution in [0, 0.1) is 5.92 Å². The summed E-state index contributed by atoms with van der Waals surface area (Å²) in [5.74, 6) is 2.55. The van der Waals surface area contributed by atoms with Crippen LogP contribution < -0.4 is 10.1 Å². The van der Waals surface area contributed by atoms with E-state index >= 15 is 0 Å². The molecule has 1 fully saturated rings. The van der Waals surface area contributed by atoms with Crippen molar-refractivity contribution in [1.82, 2.24) is 19.6 Å². The second-order valence-electron chi connectivity index (χ2n) is 7.60. The third-order valence-corrected chi connectivity index (χ3v) is 6.78. The van der Waals surface area contributed by atoms with Gasteiger partial charge in [-0.2, -0.15) is 0 Å². The number of imidazole rings is 1. The molecule has 4 aromatic heterocycles. The number of thiophene rings is 1. The van der Waals surface area contributed by atoms with E-state index in [1.807, 2.05) is 29.0 Å². The second kappa shape index (κ2) is 7.05. The molecule has 4 heterocycles. The van der Waals surface area contributed by atoms with Gasteiger partial charge in [0.1, 0.15) is 11.5 Å². The fourth-order valence-electron chi connectivity index (χ4n) is 3.94. The van der Waals surface area contributed by atoms with Crippen LogP contribution in [0.1, 0.15) is 32.6 Å². The Labute approximate surface area is 167 Å². The Kier molecular flexibility index (Phi) is 4.39. The summed E-state index contributed by atoms with van der Waals surface area (Å²) in [5, 5.41) is 9.53. The predicted octanol–water partition coefficient (Wildman–Crippen LogP) is 5.01. The molecule has 6 nitrogen and oxygen atoms in total. The van der Waals surface area contributed by atoms with Gasteiger partial charge in [0.15, 0.2) is 11.4 Å². The number of ether oxygens (including phenoxy) is 1. The van der Waals surface area contributed by atoms with Crippen LogP contribution >= 0.6 is 11.3 Å². The minimum Gasteiger partial charge on any atom is -0.494 e. The molecule has 1 aliphatic rings. The van der Waals surface area contributed by atoms with Crippen molar-refractivity contribution >= 4 is 32.9 Å². The van der Waals surface area contributed by atoms with E-state index in [2.05, 4.69) is 28.3 Å². The number of pyridine rings is 1. The summed E-state index contributed by atoms with van der Waals surface area (Å²) in [5.41, 5.74) is 1.83. The Bertz CT molecular complexity index is 1130. The van der Waals surface area contributed by atoms with E-state index in [-0.39, 0.29) is 0 Å². The molecule has 144 valence electrons. The molecule has 0 radical (unpaired) electrons. The third kappa shape index (κ3) is 3.09.